The van der Waals surface area contributed by atoms with E-state index in [0.717, 1.165) is 43.1 Å². The molecule has 106 valence electrons. The van der Waals surface area contributed by atoms with Crippen LogP contribution in [0.1, 0.15) is 39.0 Å². The van der Waals surface area contributed by atoms with Crippen molar-refractivity contribution in [3.05, 3.63) is 0 Å². The highest BCUT2D eigenvalue weighted by Crippen LogP contribution is 2.28. The van der Waals surface area contributed by atoms with Crippen molar-refractivity contribution in [3.63, 3.8) is 0 Å². The number of nitrogens with zero attached hydrogens (tertiary/aromatic N) is 1. The number of rotatable bonds is 3. The molecule has 1 N–H and O–H groups in total. The molecule has 0 aromatic rings. The Hall–Kier alpha value is -0.200. The maximum atomic E-state index is 13.9. The van der Waals surface area contributed by atoms with Crippen LogP contribution in [0.5, 0.6) is 0 Å². The van der Waals surface area contributed by atoms with Gasteiger partial charge in [-0.15, -0.1) is 0 Å². The average molecular weight is 278 g/mol. The number of nitrogens with one attached hydrogen (secondary N) is 1. The zero-order chi connectivity index (χ0) is 13.2. The molecule has 0 radical (unpaired) electrons. The van der Waals surface area contributed by atoms with Gasteiger partial charge in [0.1, 0.15) is 0 Å². The molecular weight excluding hydrogens is 255 g/mol. The van der Waals surface area contributed by atoms with E-state index in [2.05, 4.69) is 5.32 Å². The van der Waals surface area contributed by atoms with E-state index in [9.17, 15) is 12.8 Å². The summed E-state index contributed by atoms with van der Waals surface area (Å²) in [5.41, 5.74) is 0. The molecule has 6 heteroatoms. The number of alkyl halides is 1. The topological polar surface area (TPSA) is 49.4 Å². The lowest BCUT2D eigenvalue weighted by Gasteiger charge is -2.36. The quantitative estimate of drug-likeness (QED) is 0.796. The zero-order valence-electron chi connectivity index (χ0n) is 10.9. The third-order valence-corrected chi connectivity index (χ3v) is 6.06. The lowest BCUT2D eigenvalue weighted by molar-refractivity contribution is 0.0843. The molecule has 0 aliphatic carbocycles. The third kappa shape index (κ3) is 3.22. The van der Waals surface area contributed by atoms with E-state index in [0.29, 0.717) is 6.42 Å². The molecule has 2 aliphatic heterocycles. The Morgan fingerprint density at radius 3 is 2.67 bits per heavy atom. The molecule has 1 unspecified atom stereocenters. The van der Waals surface area contributed by atoms with Crippen LogP contribution in [-0.2, 0) is 10.0 Å². The molecule has 0 aromatic heterocycles. The molecule has 0 saturated carbocycles. The molecule has 4 nitrogen and oxygen atoms in total. The van der Waals surface area contributed by atoms with Crippen molar-refractivity contribution in [3.8, 4) is 0 Å². The SMILES string of the molecule is C[C@H]1CCC[C@@H](F)N1S(=O)(=O)CC1CCCNC1. The monoisotopic (exact) mass is 278 g/mol. The van der Waals surface area contributed by atoms with Gasteiger partial charge in [0.15, 0.2) is 6.30 Å². The zero-order valence-corrected chi connectivity index (χ0v) is 11.8. The summed E-state index contributed by atoms with van der Waals surface area (Å²) in [5.74, 6) is 0.218. The first-order chi connectivity index (χ1) is 8.50. The first-order valence-electron chi connectivity index (χ1n) is 6.86. The lowest BCUT2D eigenvalue weighted by Crippen LogP contribution is -2.49. The summed E-state index contributed by atoms with van der Waals surface area (Å²) in [5, 5.41) is 3.21. The predicted molar refractivity (Wildman–Crippen MR) is 69.4 cm³/mol. The van der Waals surface area contributed by atoms with Gasteiger partial charge in [-0.2, -0.15) is 4.31 Å². The van der Waals surface area contributed by atoms with Crippen LogP contribution in [0.3, 0.4) is 0 Å². The minimum atomic E-state index is -3.46. The van der Waals surface area contributed by atoms with Crippen molar-refractivity contribution in [2.75, 3.05) is 18.8 Å². The van der Waals surface area contributed by atoms with Crippen molar-refractivity contribution >= 4 is 10.0 Å². The molecule has 0 bridgehead atoms. The summed E-state index contributed by atoms with van der Waals surface area (Å²) >= 11 is 0. The van der Waals surface area contributed by atoms with Gasteiger partial charge in [-0.25, -0.2) is 12.8 Å². The van der Waals surface area contributed by atoms with Crippen molar-refractivity contribution < 1.29 is 12.8 Å². The normalized spacial score (nSPS) is 35.6. The fourth-order valence-electron chi connectivity index (χ4n) is 3.01. The van der Waals surface area contributed by atoms with Gasteiger partial charge in [-0.05, 0) is 58.0 Å². The van der Waals surface area contributed by atoms with Gasteiger partial charge in [0.25, 0.3) is 0 Å². The molecule has 18 heavy (non-hydrogen) atoms. The van der Waals surface area contributed by atoms with Crippen LogP contribution in [0, 0.1) is 5.92 Å². The minimum absolute atomic E-state index is 0.0881. The van der Waals surface area contributed by atoms with Gasteiger partial charge in [0.05, 0.1) is 5.75 Å². The van der Waals surface area contributed by atoms with Crippen LogP contribution in [0.15, 0.2) is 0 Å². The first kappa shape index (κ1) is 14.2. The largest absolute Gasteiger partial charge is 0.316 e. The summed E-state index contributed by atoms with van der Waals surface area (Å²) in [6.45, 7) is 3.50. The molecule has 3 atom stereocenters. The molecule has 2 fully saturated rings. The fourth-order valence-corrected chi connectivity index (χ4v) is 5.17. The second kappa shape index (κ2) is 5.84. The minimum Gasteiger partial charge on any atom is -0.316 e. The molecule has 0 amide bonds. The van der Waals surface area contributed by atoms with Gasteiger partial charge in [-0.1, -0.05) is 0 Å². The van der Waals surface area contributed by atoms with E-state index in [4.69, 9.17) is 0 Å². The molecule has 0 aromatic carbocycles. The van der Waals surface area contributed by atoms with Crippen molar-refractivity contribution in [1.82, 2.24) is 9.62 Å². The summed E-state index contributed by atoms with van der Waals surface area (Å²) in [6.07, 6.45) is 2.49. The van der Waals surface area contributed by atoms with Crippen LogP contribution in [0.2, 0.25) is 0 Å². The number of piperidine rings is 2. The van der Waals surface area contributed by atoms with Gasteiger partial charge in [0.2, 0.25) is 10.0 Å². The average Bonchev–Trinajstić information content (AvgIpc) is 2.28. The van der Waals surface area contributed by atoms with Crippen LogP contribution in [-0.4, -0.2) is 43.9 Å². The lowest BCUT2D eigenvalue weighted by atomic mass is 10.0. The Morgan fingerprint density at radius 1 is 1.28 bits per heavy atom. The fraction of sp³-hybridized carbons (Fsp3) is 1.00. The Labute approximate surface area is 109 Å². The van der Waals surface area contributed by atoms with E-state index in [1.807, 2.05) is 6.92 Å². The summed E-state index contributed by atoms with van der Waals surface area (Å²) in [4.78, 5) is 0. The van der Waals surface area contributed by atoms with E-state index in [-0.39, 0.29) is 17.7 Å². The van der Waals surface area contributed by atoms with E-state index in [1.54, 1.807) is 0 Å². The summed E-state index contributed by atoms with van der Waals surface area (Å²) < 4.78 is 39.7. The van der Waals surface area contributed by atoms with Gasteiger partial charge >= 0.3 is 0 Å². The number of sulfonamides is 1. The van der Waals surface area contributed by atoms with Crippen LogP contribution >= 0.6 is 0 Å². The van der Waals surface area contributed by atoms with E-state index in [1.165, 1.54) is 0 Å². The van der Waals surface area contributed by atoms with E-state index < -0.39 is 16.3 Å². The molecule has 0 spiro atoms. The third-order valence-electron chi connectivity index (χ3n) is 3.94. The van der Waals surface area contributed by atoms with Gasteiger partial charge in [-0.3, -0.25) is 0 Å². The molecule has 2 rings (SSSR count). The highest BCUT2D eigenvalue weighted by atomic mass is 32.2. The van der Waals surface area contributed by atoms with E-state index >= 15 is 0 Å². The van der Waals surface area contributed by atoms with Crippen LogP contribution in [0.25, 0.3) is 0 Å². The van der Waals surface area contributed by atoms with Gasteiger partial charge in [0, 0.05) is 6.04 Å². The molecule has 2 heterocycles. The maximum absolute atomic E-state index is 13.9. The molecule has 2 saturated heterocycles. The van der Waals surface area contributed by atoms with Crippen LogP contribution < -0.4 is 5.32 Å². The Balaban J connectivity index is 2.04. The van der Waals surface area contributed by atoms with Gasteiger partial charge < -0.3 is 5.32 Å². The second-order valence-corrected chi connectivity index (χ2v) is 7.45. The Bertz CT molecular complexity index is 358. The highest BCUT2D eigenvalue weighted by Gasteiger charge is 2.38. The van der Waals surface area contributed by atoms with Crippen LogP contribution in [0.4, 0.5) is 4.39 Å². The number of hydrogen-bond donors (Lipinski definition) is 1. The number of halogens is 1. The summed E-state index contributed by atoms with van der Waals surface area (Å²) in [7, 11) is -3.46. The smallest absolute Gasteiger partial charge is 0.217 e. The molecule has 2 aliphatic rings. The number of hydrogen-bond acceptors (Lipinski definition) is 3. The summed E-state index contributed by atoms with van der Waals surface area (Å²) in [6, 6.07) is -0.199. The second-order valence-electron chi connectivity index (χ2n) is 5.54. The standard InChI is InChI=1S/C12H23FN2O2S/c1-10-4-2-6-12(13)15(10)18(16,17)9-11-5-3-7-14-8-11/h10-12,14H,2-9H2,1H3/t10-,11?,12-/m0/s1. The molecular formula is C12H23FN2O2S. The van der Waals surface area contributed by atoms with Crippen molar-refractivity contribution in [2.45, 2.75) is 51.4 Å². The van der Waals surface area contributed by atoms with Crippen molar-refractivity contribution in [1.29, 1.82) is 0 Å². The predicted octanol–water partition coefficient (Wildman–Crippen LogP) is 1.49. The maximum Gasteiger partial charge on any atom is 0.217 e. The van der Waals surface area contributed by atoms with Crippen molar-refractivity contribution in [2.24, 2.45) is 5.92 Å². The first-order valence-corrected chi connectivity index (χ1v) is 8.47. The Morgan fingerprint density at radius 2 is 2.06 bits per heavy atom. The Kier molecular flexibility index (Phi) is 4.61. The highest BCUT2D eigenvalue weighted by molar-refractivity contribution is 7.89.